The number of anilines is 1. The second-order valence-electron chi connectivity index (χ2n) is 6.31. The molecule has 0 amide bonds. The standard InChI is InChI=1S/C19H22F2N2O2/c20-15-5-7-17(8-6-15)25-14-16(24)13-22-9-11-23(12-10-22)19-4-2-1-3-18(19)21/h1-8,16,24H,9-14H2/p+1/t16-/m0/s1. The molecule has 1 heterocycles. The molecule has 0 spiro atoms. The predicted molar refractivity (Wildman–Crippen MR) is 92.1 cm³/mol. The molecule has 0 unspecified atom stereocenters. The third kappa shape index (κ3) is 4.90. The Balaban J connectivity index is 1.42. The molecular weight excluding hydrogens is 326 g/mol. The second kappa shape index (κ2) is 8.27. The first-order valence-corrected chi connectivity index (χ1v) is 8.51. The van der Waals surface area contributed by atoms with E-state index in [2.05, 4.69) is 0 Å². The van der Waals surface area contributed by atoms with Crippen LogP contribution >= 0.6 is 0 Å². The first kappa shape index (κ1) is 17.6. The number of halogens is 2. The van der Waals surface area contributed by atoms with Gasteiger partial charge in [-0.1, -0.05) is 12.1 Å². The zero-order valence-electron chi connectivity index (χ0n) is 14.0. The minimum absolute atomic E-state index is 0.173. The number of hydrogen-bond acceptors (Lipinski definition) is 3. The summed E-state index contributed by atoms with van der Waals surface area (Å²) in [6.45, 7) is 3.92. The van der Waals surface area contributed by atoms with Crippen molar-refractivity contribution in [1.29, 1.82) is 0 Å². The lowest BCUT2D eigenvalue weighted by Gasteiger charge is -2.34. The Kier molecular flexibility index (Phi) is 5.83. The maximum absolute atomic E-state index is 13.8. The summed E-state index contributed by atoms with van der Waals surface area (Å²) in [5, 5.41) is 10.2. The summed E-state index contributed by atoms with van der Waals surface area (Å²) in [6, 6.07) is 12.6. The highest BCUT2D eigenvalue weighted by molar-refractivity contribution is 5.47. The number of aliphatic hydroxyl groups is 1. The van der Waals surface area contributed by atoms with Gasteiger partial charge in [-0.2, -0.15) is 0 Å². The molecule has 1 saturated heterocycles. The van der Waals surface area contributed by atoms with Gasteiger partial charge in [0, 0.05) is 0 Å². The Bertz CT molecular complexity index is 673. The molecule has 25 heavy (non-hydrogen) atoms. The van der Waals surface area contributed by atoms with Crippen molar-refractivity contribution in [2.24, 2.45) is 0 Å². The lowest BCUT2D eigenvalue weighted by atomic mass is 10.2. The van der Waals surface area contributed by atoms with Crippen LogP contribution in [0.15, 0.2) is 48.5 Å². The Morgan fingerprint density at radius 2 is 1.72 bits per heavy atom. The van der Waals surface area contributed by atoms with Crippen molar-refractivity contribution < 1.29 is 23.5 Å². The van der Waals surface area contributed by atoms with E-state index in [1.54, 1.807) is 24.3 Å². The van der Waals surface area contributed by atoms with Gasteiger partial charge in [0.2, 0.25) is 0 Å². The van der Waals surface area contributed by atoms with Gasteiger partial charge in [0.1, 0.15) is 36.6 Å². The van der Waals surface area contributed by atoms with Crippen molar-refractivity contribution in [3.63, 3.8) is 0 Å². The maximum Gasteiger partial charge on any atom is 0.146 e. The Hall–Kier alpha value is -2.18. The summed E-state index contributed by atoms with van der Waals surface area (Å²) in [6.07, 6.45) is -0.597. The number of nitrogens with zero attached hydrogens (tertiary/aromatic N) is 1. The highest BCUT2D eigenvalue weighted by Gasteiger charge is 2.24. The first-order chi connectivity index (χ1) is 12.1. The van der Waals surface area contributed by atoms with Crippen molar-refractivity contribution in [2.75, 3.05) is 44.2 Å². The molecule has 0 radical (unpaired) electrons. The molecule has 0 bridgehead atoms. The average Bonchev–Trinajstić information content (AvgIpc) is 2.62. The van der Waals surface area contributed by atoms with Crippen LogP contribution in [0.5, 0.6) is 5.75 Å². The lowest BCUT2D eigenvalue weighted by Crippen LogP contribution is -3.16. The molecule has 2 aromatic rings. The second-order valence-corrected chi connectivity index (χ2v) is 6.31. The molecule has 3 rings (SSSR count). The highest BCUT2D eigenvalue weighted by atomic mass is 19.1. The molecule has 1 aliphatic rings. The SMILES string of the molecule is O[C@H](COc1ccc(F)cc1)C[NH+]1CCN(c2ccccc2F)CC1. The van der Waals surface area contributed by atoms with Gasteiger partial charge in [-0.15, -0.1) is 0 Å². The minimum Gasteiger partial charge on any atom is -0.491 e. The van der Waals surface area contributed by atoms with Gasteiger partial charge in [-0.3, -0.25) is 0 Å². The van der Waals surface area contributed by atoms with E-state index < -0.39 is 6.10 Å². The number of nitrogens with one attached hydrogen (secondary N) is 1. The third-order valence-corrected chi connectivity index (χ3v) is 4.44. The van der Waals surface area contributed by atoms with Crippen molar-refractivity contribution >= 4 is 5.69 Å². The van der Waals surface area contributed by atoms with Crippen LogP contribution < -0.4 is 14.5 Å². The van der Waals surface area contributed by atoms with E-state index in [0.717, 1.165) is 26.2 Å². The molecule has 1 atom stereocenters. The summed E-state index contributed by atoms with van der Waals surface area (Å²) < 4.78 is 32.2. The fraction of sp³-hybridized carbons (Fsp3) is 0.368. The van der Waals surface area contributed by atoms with Crippen LogP contribution in [0, 0.1) is 11.6 Å². The number of rotatable bonds is 6. The number of aliphatic hydroxyl groups excluding tert-OH is 1. The van der Waals surface area contributed by atoms with E-state index in [1.807, 2.05) is 11.0 Å². The van der Waals surface area contributed by atoms with Crippen LogP contribution in [-0.4, -0.2) is 50.5 Å². The van der Waals surface area contributed by atoms with E-state index in [4.69, 9.17) is 4.74 Å². The molecule has 6 heteroatoms. The normalized spacial score (nSPS) is 16.7. The predicted octanol–water partition coefficient (Wildman–Crippen LogP) is 1.11. The summed E-state index contributed by atoms with van der Waals surface area (Å²) in [5.74, 6) is 0.0311. The highest BCUT2D eigenvalue weighted by Crippen LogP contribution is 2.18. The van der Waals surface area contributed by atoms with Gasteiger partial charge in [-0.05, 0) is 36.4 Å². The van der Waals surface area contributed by atoms with Crippen LogP contribution in [0.2, 0.25) is 0 Å². The maximum atomic E-state index is 13.8. The number of para-hydroxylation sites is 1. The minimum atomic E-state index is -0.597. The number of quaternary nitrogens is 1. The largest absolute Gasteiger partial charge is 0.491 e. The molecule has 1 aliphatic heterocycles. The molecule has 4 nitrogen and oxygen atoms in total. The Labute approximate surface area is 146 Å². The molecule has 2 aromatic carbocycles. The van der Waals surface area contributed by atoms with E-state index in [1.165, 1.54) is 23.1 Å². The Morgan fingerprint density at radius 1 is 1.04 bits per heavy atom. The van der Waals surface area contributed by atoms with Crippen LogP contribution in [0.3, 0.4) is 0 Å². The van der Waals surface area contributed by atoms with Gasteiger partial charge in [0.05, 0.1) is 31.9 Å². The van der Waals surface area contributed by atoms with Crippen molar-refractivity contribution in [3.8, 4) is 5.75 Å². The van der Waals surface area contributed by atoms with Crippen LogP contribution in [0.4, 0.5) is 14.5 Å². The number of hydrogen-bond donors (Lipinski definition) is 2. The molecule has 0 saturated carbocycles. The Morgan fingerprint density at radius 3 is 2.40 bits per heavy atom. The summed E-state index contributed by atoms with van der Waals surface area (Å²) in [5.41, 5.74) is 0.641. The fourth-order valence-electron chi connectivity index (χ4n) is 3.09. The monoisotopic (exact) mass is 349 g/mol. The van der Waals surface area contributed by atoms with Crippen molar-refractivity contribution in [3.05, 3.63) is 60.2 Å². The summed E-state index contributed by atoms with van der Waals surface area (Å²) >= 11 is 0. The quantitative estimate of drug-likeness (QED) is 0.820. The number of ether oxygens (including phenoxy) is 1. The van der Waals surface area contributed by atoms with Gasteiger partial charge in [-0.25, -0.2) is 8.78 Å². The number of benzene rings is 2. The van der Waals surface area contributed by atoms with Crippen molar-refractivity contribution in [1.82, 2.24) is 0 Å². The van der Waals surface area contributed by atoms with Gasteiger partial charge < -0.3 is 19.6 Å². The van der Waals surface area contributed by atoms with E-state index in [9.17, 15) is 13.9 Å². The van der Waals surface area contributed by atoms with E-state index in [-0.39, 0.29) is 18.2 Å². The van der Waals surface area contributed by atoms with Gasteiger partial charge in [0.25, 0.3) is 0 Å². The summed E-state index contributed by atoms with van der Waals surface area (Å²) in [4.78, 5) is 3.31. The van der Waals surface area contributed by atoms with Gasteiger partial charge >= 0.3 is 0 Å². The zero-order chi connectivity index (χ0) is 17.6. The average molecular weight is 349 g/mol. The first-order valence-electron chi connectivity index (χ1n) is 8.51. The van der Waals surface area contributed by atoms with E-state index >= 15 is 0 Å². The zero-order valence-corrected chi connectivity index (χ0v) is 14.0. The number of piperazine rings is 1. The molecular formula is C19H23F2N2O2+. The fourth-order valence-corrected chi connectivity index (χ4v) is 3.09. The van der Waals surface area contributed by atoms with Gasteiger partial charge in [0.15, 0.2) is 0 Å². The molecule has 1 fully saturated rings. The van der Waals surface area contributed by atoms with Crippen LogP contribution in [0.1, 0.15) is 0 Å². The smallest absolute Gasteiger partial charge is 0.146 e. The topological polar surface area (TPSA) is 37.1 Å². The molecule has 0 aromatic heterocycles. The van der Waals surface area contributed by atoms with Crippen LogP contribution in [-0.2, 0) is 0 Å². The lowest BCUT2D eigenvalue weighted by molar-refractivity contribution is -0.903. The molecule has 2 N–H and O–H groups in total. The molecule has 134 valence electrons. The van der Waals surface area contributed by atoms with E-state index in [0.29, 0.717) is 18.0 Å². The third-order valence-electron chi connectivity index (χ3n) is 4.44. The van der Waals surface area contributed by atoms with Crippen molar-refractivity contribution in [2.45, 2.75) is 6.10 Å². The molecule has 0 aliphatic carbocycles. The van der Waals surface area contributed by atoms with Crippen LogP contribution in [0.25, 0.3) is 0 Å². The summed E-state index contributed by atoms with van der Waals surface area (Å²) in [7, 11) is 0.